The predicted molar refractivity (Wildman–Crippen MR) is 67.1 cm³/mol. The molecule has 16 heavy (non-hydrogen) atoms. The maximum atomic E-state index is 4.08. The van der Waals surface area contributed by atoms with Crippen molar-refractivity contribution in [3.63, 3.8) is 0 Å². The van der Waals surface area contributed by atoms with Gasteiger partial charge in [0.25, 0.3) is 0 Å². The normalized spacial score (nSPS) is 21.2. The van der Waals surface area contributed by atoms with Crippen LogP contribution in [0.5, 0.6) is 0 Å². The Hall–Kier alpha value is -0.420. The topological polar surface area (TPSA) is 42.7 Å². The van der Waals surface area contributed by atoms with Crippen LogP contribution in [0.2, 0.25) is 0 Å². The molecule has 1 aliphatic rings. The number of nitrogens with zero attached hydrogens (tertiary/aromatic N) is 3. The summed E-state index contributed by atoms with van der Waals surface area (Å²) >= 11 is 3.50. The van der Waals surface area contributed by atoms with Crippen LogP contribution in [0, 0.1) is 5.41 Å². The average Bonchev–Trinajstić information content (AvgIpc) is 2.80. The molecule has 1 aliphatic carbocycles. The molecule has 4 nitrogen and oxygen atoms in total. The van der Waals surface area contributed by atoms with Crippen molar-refractivity contribution < 1.29 is 0 Å². The van der Waals surface area contributed by atoms with Gasteiger partial charge in [-0.25, -0.2) is 4.68 Å². The molecular weight excluding hydrogens is 268 g/mol. The molecule has 1 aromatic rings. The summed E-state index contributed by atoms with van der Waals surface area (Å²) in [4.78, 5) is 0. The van der Waals surface area contributed by atoms with Crippen molar-refractivity contribution in [1.29, 1.82) is 0 Å². The van der Waals surface area contributed by atoms with Crippen molar-refractivity contribution >= 4 is 15.9 Å². The molecule has 0 spiro atoms. The van der Waals surface area contributed by atoms with Gasteiger partial charge in [0.15, 0.2) is 4.60 Å². The maximum absolute atomic E-state index is 4.08. The van der Waals surface area contributed by atoms with Gasteiger partial charge in [-0.3, -0.25) is 0 Å². The summed E-state index contributed by atoms with van der Waals surface area (Å²) in [5, 5.41) is 11.6. The summed E-state index contributed by atoms with van der Waals surface area (Å²) in [5.41, 5.74) is 1.49. The van der Waals surface area contributed by atoms with Crippen LogP contribution in [-0.2, 0) is 7.05 Å². The highest BCUT2D eigenvalue weighted by atomic mass is 79.9. The summed E-state index contributed by atoms with van der Waals surface area (Å²) in [5.74, 6) is 0. The summed E-state index contributed by atoms with van der Waals surface area (Å²) < 4.78 is 2.73. The summed E-state index contributed by atoms with van der Waals surface area (Å²) in [6.45, 7) is 2.36. The van der Waals surface area contributed by atoms with E-state index in [9.17, 15) is 0 Å². The average molecular weight is 287 g/mol. The number of aromatic nitrogens is 3. The molecule has 0 saturated heterocycles. The van der Waals surface area contributed by atoms with Crippen LogP contribution >= 0.6 is 15.9 Å². The third kappa shape index (κ3) is 1.91. The van der Waals surface area contributed by atoms with E-state index in [1.54, 1.807) is 0 Å². The Bertz CT molecular complexity index is 349. The number of rotatable bonds is 3. The molecule has 0 radical (unpaired) electrons. The zero-order valence-electron chi connectivity index (χ0n) is 10.1. The second-order valence-electron chi connectivity index (χ2n) is 4.97. The summed E-state index contributed by atoms with van der Waals surface area (Å²) in [6, 6.07) is 0.323. The first-order chi connectivity index (χ1) is 7.58. The van der Waals surface area contributed by atoms with E-state index in [4.69, 9.17) is 0 Å². The lowest BCUT2D eigenvalue weighted by Gasteiger charge is -2.33. The molecule has 1 aromatic heterocycles. The van der Waals surface area contributed by atoms with Crippen molar-refractivity contribution in [2.45, 2.75) is 38.6 Å². The van der Waals surface area contributed by atoms with Crippen molar-refractivity contribution in [2.75, 3.05) is 7.05 Å². The largest absolute Gasteiger partial charge is 0.311 e. The number of hydrogen-bond donors (Lipinski definition) is 1. The molecule has 0 aliphatic heterocycles. The number of halogens is 1. The fraction of sp³-hybridized carbons (Fsp3) is 0.818. The standard InChI is InChI=1S/C11H19BrN4/c1-11(6-4-5-7-11)9(13-2)8-10(12)14-15-16(8)3/h9,13H,4-7H2,1-3H3. The van der Waals surface area contributed by atoms with E-state index in [-0.39, 0.29) is 0 Å². The molecule has 90 valence electrons. The highest BCUT2D eigenvalue weighted by Crippen LogP contribution is 2.47. The molecule has 0 amide bonds. The molecule has 1 saturated carbocycles. The summed E-state index contributed by atoms with van der Waals surface area (Å²) in [6.07, 6.45) is 5.21. The van der Waals surface area contributed by atoms with Gasteiger partial charge < -0.3 is 5.32 Å². The Balaban J connectivity index is 2.36. The fourth-order valence-electron chi connectivity index (χ4n) is 2.93. The quantitative estimate of drug-likeness (QED) is 0.928. The molecule has 1 unspecified atom stereocenters. The van der Waals surface area contributed by atoms with Crippen molar-refractivity contribution in [3.05, 3.63) is 10.3 Å². The molecule has 0 aromatic carbocycles. The van der Waals surface area contributed by atoms with Crippen molar-refractivity contribution in [2.24, 2.45) is 12.5 Å². The van der Waals surface area contributed by atoms with E-state index in [1.807, 2.05) is 18.8 Å². The number of hydrogen-bond acceptors (Lipinski definition) is 3. The first-order valence-electron chi connectivity index (χ1n) is 5.81. The van der Waals surface area contributed by atoms with Gasteiger partial charge in [0, 0.05) is 7.05 Å². The van der Waals surface area contributed by atoms with E-state index in [1.165, 1.54) is 25.7 Å². The van der Waals surface area contributed by atoms with Gasteiger partial charge in [-0.2, -0.15) is 0 Å². The highest BCUT2D eigenvalue weighted by molar-refractivity contribution is 9.10. The maximum Gasteiger partial charge on any atom is 0.153 e. The van der Waals surface area contributed by atoms with Crippen LogP contribution in [0.4, 0.5) is 0 Å². The van der Waals surface area contributed by atoms with Gasteiger partial charge in [0.1, 0.15) is 0 Å². The monoisotopic (exact) mass is 286 g/mol. The van der Waals surface area contributed by atoms with E-state index >= 15 is 0 Å². The van der Waals surface area contributed by atoms with Gasteiger partial charge in [-0.05, 0) is 41.2 Å². The van der Waals surface area contributed by atoms with Crippen LogP contribution < -0.4 is 5.32 Å². The third-order valence-electron chi connectivity index (χ3n) is 3.83. The van der Waals surface area contributed by atoms with Crippen LogP contribution in [0.3, 0.4) is 0 Å². The molecule has 5 heteroatoms. The molecule has 0 bridgehead atoms. The molecule has 1 atom stereocenters. The van der Waals surface area contributed by atoms with Gasteiger partial charge in [0.05, 0.1) is 11.7 Å². The Morgan fingerprint density at radius 3 is 2.50 bits per heavy atom. The second kappa shape index (κ2) is 4.45. The zero-order valence-corrected chi connectivity index (χ0v) is 11.7. The lowest BCUT2D eigenvalue weighted by atomic mass is 9.79. The lowest BCUT2D eigenvalue weighted by molar-refractivity contribution is 0.224. The first kappa shape index (κ1) is 12.0. The van der Waals surface area contributed by atoms with Crippen LogP contribution in [0.1, 0.15) is 44.3 Å². The van der Waals surface area contributed by atoms with Gasteiger partial charge >= 0.3 is 0 Å². The van der Waals surface area contributed by atoms with E-state index in [0.29, 0.717) is 11.5 Å². The van der Waals surface area contributed by atoms with Crippen LogP contribution in [-0.4, -0.2) is 22.0 Å². The van der Waals surface area contributed by atoms with Crippen molar-refractivity contribution in [1.82, 2.24) is 20.3 Å². The smallest absolute Gasteiger partial charge is 0.153 e. The minimum Gasteiger partial charge on any atom is -0.311 e. The number of nitrogens with one attached hydrogen (secondary N) is 1. The SMILES string of the molecule is CNC(c1c(Br)nnn1C)C1(C)CCCC1. The lowest BCUT2D eigenvalue weighted by Crippen LogP contribution is -2.34. The van der Waals surface area contributed by atoms with Crippen molar-refractivity contribution in [3.8, 4) is 0 Å². The Morgan fingerprint density at radius 1 is 1.44 bits per heavy atom. The van der Waals surface area contributed by atoms with E-state index in [2.05, 4.69) is 38.5 Å². The van der Waals surface area contributed by atoms with Crippen LogP contribution in [0.25, 0.3) is 0 Å². The molecule has 2 rings (SSSR count). The second-order valence-corrected chi connectivity index (χ2v) is 5.72. The molecule has 1 heterocycles. The Morgan fingerprint density at radius 2 is 2.06 bits per heavy atom. The van der Waals surface area contributed by atoms with Gasteiger partial charge in [-0.1, -0.05) is 25.0 Å². The minimum atomic E-state index is 0.323. The predicted octanol–water partition coefficient (Wildman–Crippen LogP) is 2.42. The van der Waals surface area contributed by atoms with Gasteiger partial charge in [0.2, 0.25) is 0 Å². The van der Waals surface area contributed by atoms with Crippen LogP contribution in [0.15, 0.2) is 4.60 Å². The Kier molecular flexibility index (Phi) is 3.35. The molecular formula is C11H19BrN4. The summed E-state index contributed by atoms with van der Waals surface area (Å²) in [7, 11) is 3.98. The van der Waals surface area contributed by atoms with E-state index < -0.39 is 0 Å². The Labute approximate surface area is 105 Å². The zero-order chi connectivity index (χ0) is 11.8. The third-order valence-corrected chi connectivity index (χ3v) is 4.40. The fourth-order valence-corrected chi connectivity index (χ4v) is 3.49. The van der Waals surface area contributed by atoms with E-state index in [0.717, 1.165) is 10.3 Å². The molecule has 1 N–H and O–H groups in total. The minimum absolute atomic E-state index is 0.323. The molecule has 1 fully saturated rings. The van der Waals surface area contributed by atoms with Gasteiger partial charge in [-0.15, -0.1) is 5.10 Å². The highest BCUT2D eigenvalue weighted by Gasteiger charge is 2.39. The number of aryl methyl sites for hydroxylation is 1. The first-order valence-corrected chi connectivity index (χ1v) is 6.60.